The smallest absolute Gasteiger partial charge is 0.229 e. The van der Waals surface area contributed by atoms with Crippen LogP contribution in [0.25, 0.3) is 5.76 Å². The number of carbonyl (C=O) groups is 2. The molecule has 1 aromatic rings. The maximum atomic E-state index is 12.0. The SMILES string of the molecule is CO/C(=C(/CN1C(=O)CCC1=O)C(C)(C)C)c1cccc(OC)c1. The van der Waals surface area contributed by atoms with Gasteiger partial charge in [0.15, 0.2) is 0 Å². The predicted octanol–water partition coefficient (Wildman–Crippen LogP) is 3.25. The van der Waals surface area contributed by atoms with Gasteiger partial charge in [-0.25, -0.2) is 0 Å². The lowest BCUT2D eigenvalue weighted by Crippen LogP contribution is -2.34. The molecule has 5 nitrogen and oxygen atoms in total. The van der Waals surface area contributed by atoms with E-state index in [0.717, 1.165) is 16.9 Å². The molecule has 1 fully saturated rings. The van der Waals surface area contributed by atoms with Gasteiger partial charge in [-0.3, -0.25) is 14.5 Å². The van der Waals surface area contributed by atoms with Crippen molar-refractivity contribution in [3.8, 4) is 5.75 Å². The van der Waals surface area contributed by atoms with Gasteiger partial charge in [0.1, 0.15) is 11.5 Å². The molecule has 130 valence electrons. The van der Waals surface area contributed by atoms with Crippen molar-refractivity contribution in [3.05, 3.63) is 35.4 Å². The van der Waals surface area contributed by atoms with Crippen molar-refractivity contribution in [1.82, 2.24) is 4.90 Å². The van der Waals surface area contributed by atoms with Crippen molar-refractivity contribution in [2.75, 3.05) is 20.8 Å². The number of hydrogen-bond acceptors (Lipinski definition) is 4. The largest absolute Gasteiger partial charge is 0.497 e. The average Bonchev–Trinajstić information content (AvgIpc) is 2.85. The minimum absolute atomic E-state index is 0.122. The Hall–Kier alpha value is -2.30. The third-order valence-electron chi connectivity index (χ3n) is 4.19. The highest BCUT2D eigenvalue weighted by atomic mass is 16.5. The first-order valence-electron chi connectivity index (χ1n) is 8.03. The fourth-order valence-corrected chi connectivity index (χ4v) is 2.79. The van der Waals surface area contributed by atoms with E-state index >= 15 is 0 Å². The Morgan fingerprint density at radius 1 is 1.12 bits per heavy atom. The number of ether oxygens (including phenoxy) is 2. The summed E-state index contributed by atoms with van der Waals surface area (Å²) in [6, 6.07) is 7.57. The van der Waals surface area contributed by atoms with E-state index in [1.807, 2.05) is 45.0 Å². The molecule has 0 aromatic heterocycles. The van der Waals surface area contributed by atoms with E-state index in [1.165, 1.54) is 4.90 Å². The van der Waals surface area contributed by atoms with Gasteiger partial charge in [-0.2, -0.15) is 0 Å². The normalized spacial score (nSPS) is 16.3. The molecular formula is C19H25NO4. The van der Waals surface area contributed by atoms with Crippen LogP contribution in [0.5, 0.6) is 5.75 Å². The maximum absolute atomic E-state index is 12.0. The van der Waals surface area contributed by atoms with Crippen LogP contribution >= 0.6 is 0 Å². The number of carbonyl (C=O) groups excluding carboxylic acids is 2. The van der Waals surface area contributed by atoms with Crippen molar-refractivity contribution in [3.63, 3.8) is 0 Å². The van der Waals surface area contributed by atoms with Crippen LogP contribution in [0.1, 0.15) is 39.2 Å². The number of imide groups is 1. The lowest BCUT2D eigenvalue weighted by Gasteiger charge is -2.29. The van der Waals surface area contributed by atoms with Gasteiger partial charge in [-0.15, -0.1) is 0 Å². The molecule has 2 rings (SSSR count). The monoisotopic (exact) mass is 331 g/mol. The molecule has 0 atom stereocenters. The molecule has 1 saturated heterocycles. The Balaban J connectivity index is 2.51. The summed E-state index contributed by atoms with van der Waals surface area (Å²) >= 11 is 0. The lowest BCUT2D eigenvalue weighted by molar-refractivity contribution is -0.137. The van der Waals surface area contributed by atoms with E-state index in [1.54, 1.807) is 14.2 Å². The second-order valence-electron chi connectivity index (χ2n) is 6.87. The minimum Gasteiger partial charge on any atom is -0.497 e. The Labute approximate surface area is 143 Å². The van der Waals surface area contributed by atoms with E-state index in [4.69, 9.17) is 9.47 Å². The van der Waals surface area contributed by atoms with Crippen LogP contribution in [0.4, 0.5) is 0 Å². The van der Waals surface area contributed by atoms with E-state index in [0.29, 0.717) is 5.76 Å². The zero-order chi connectivity index (χ0) is 17.9. The van der Waals surface area contributed by atoms with Gasteiger partial charge < -0.3 is 9.47 Å². The van der Waals surface area contributed by atoms with Crippen molar-refractivity contribution < 1.29 is 19.1 Å². The summed E-state index contributed by atoms with van der Waals surface area (Å²) in [6.07, 6.45) is 0.579. The summed E-state index contributed by atoms with van der Waals surface area (Å²) in [5.74, 6) is 1.16. The number of benzene rings is 1. The lowest BCUT2D eigenvalue weighted by atomic mass is 9.83. The van der Waals surface area contributed by atoms with Gasteiger partial charge in [0, 0.05) is 18.4 Å². The molecule has 1 heterocycles. The number of hydrogen-bond donors (Lipinski definition) is 0. The summed E-state index contributed by atoms with van der Waals surface area (Å²) in [5.41, 5.74) is 1.50. The molecule has 5 heteroatoms. The second kappa shape index (κ2) is 7.07. The van der Waals surface area contributed by atoms with Gasteiger partial charge in [0.05, 0.1) is 20.8 Å². The molecule has 0 N–H and O–H groups in total. The predicted molar refractivity (Wildman–Crippen MR) is 92.3 cm³/mol. The van der Waals surface area contributed by atoms with Crippen molar-refractivity contribution in [2.24, 2.45) is 5.41 Å². The molecule has 0 spiro atoms. The number of nitrogens with zero attached hydrogens (tertiary/aromatic N) is 1. The second-order valence-corrected chi connectivity index (χ2v) is 6.87. The fraction of sp³-hybridized carbons (Fsp3) is 0.474. The van der Waals surface area contributed by atoms with Gasteiger partial charge in [0.25, 0.3) is 0 Å². The topological polar surface area (TPSA) is 55.8 Å². The molecule has 0 bridgehead atoms. The van der Waals surface area contributed by atoms with Crippen LogP contribution in [0.3, 0.4) is 0 Å². The average molecular weight is 331 g/mol. The molecular weight excluding hydrogens is 306 g/mol. The maximum Gasteiger partial charge on any atom is 0.229 e. The van der Waals surface area contributed by atoms with E-state index in [2.05, 4.69) is 0 Å². The highest BCUT2D eigenvalue weighted by Crippen LogP contribution is 2.35. The molecule has 1 aliphatic rings. The van der Waals surface area contributed by atoms with E-state index in [9.17, 15) is 9.59 Å². The highest BCUT2D eigenvalue weighted by molar-refractivity contribution is 6.02. The van der Waals surface area contributed by atoms with Crippen LogP contribution in [0, 0.1) is 5.41 Å². The standard InChI is InChI=1S/C19H25NO4/c1-19(2,3)15(12-20-16(21)9-10-17(20)22)18(24-5)13-7-6-8-14(11-13)23-4/h6-8,11H,9-10,12H2,1-5H3/b18-15-. The van der Waals surface area contributed by atoms with Crippen LogP contribution in [0.15, 0.2) is 29.8 Å². The Morgan fingerprint density at radius 2 is 1.75 bits per heavy atom. The van der Waals surface area contributed by atoms with Gasteiger partial charge >= 0.3 is 0 Å². The summed E-state index contributed by atoms with van der Waals surface area (Å²) in [7, 11) is 3.22. The summed E-state index contributed by atoms with van der Waals surface area (Å²) in [5, 5.41) is 0. The first-order chi connectivity index (χ1) is 11.3. The van der Waals surface area contributed by atoms with Crippen LogP contribution < -0.4 is 4.74 Å². The number of methoxy groups -OCH3 is 2. The quantitative estimate of drug-likeness (QED) is 0.614. The molecule has 1 aromatic carbocycles. The van der Waals surface area contributed by atoms with Crippen molar-refractivity contribution >= 4 is 17.6 Å². The molecule has 2 amide bonds. The van der Waals surface area contributed by atoms with Crippen molar-refractivity contribution in [1.29, 1.82) is 0 Å². The number of rotatable bonds is 5. The molecule has 0 radical (unpaired) electrons. The molecule has 0 unspecified atom stereocenters. The zero-order valence-electron chi connectivity index (χ0n) is 15.0. The van der Waals surface area contributed by atoms with Crippen LogP contribution in [0.2, 0.25) is 0 Å². The number of likely N-dealkylation sites (tertiary alicyclic amines) is 1. The first-order valence-corrected chi connectivity index (χ1v) is 8.03. The van der Waals surface area contributed by atoms with Crippen LogP contribution in [-0.4, -0.2) is 37.5 Å². The summed E-state index contributed by atoms with van der Waals surface area (Å²) in [4.78, 5) is 25.4. The summed E-state index contributed by atoms with van der Waals surface area (Å²) in [6.45, 7) is 6.40. The summed E-state index contributed by atoms with van der Waals surface area (Å²) < 4.78 is 11.0. The molecule has 0 aliphatic carbocycles. The zero-order valence-corrected chi connectivity index (χ0v) is 15.0. The highest BCUT2D eigenvalue weighted by Gasteiger charge is 2.33. The molecule has 24 heavy (non-hydrogen) atoms. The number of amides is 2. The third-order valence-corrected chi connectivity index (χ3v) is 4.19. The Bertz CT molecular complexity index is 654. The Morgan fingerprint density at radius 3 is 2.25 bits per heavy atom. The van der Waals surface area contributed by atoms with Gasteiger partial charge in [-0.05, 0) is 23.1 Å². The Kier molecular flexibility index (Phi) is 5.32. The van der Waals surface area contributed by atoms with Gasteiger partial charge in [0.2, 0.25) is 11.8 Å². The van der Waals surface area contributed by atoms with Crippen LogP contribution in [-0.2, 0) is 14.3 Å². The minimum atomic E-state index is -0.266. The van der Waals surface area contributed by atoms with E-state index < -0.39 is 0 Å². The van der Waals surface area contributed by atoms with Gasteiger partial charge in [-0.1, -0.05) is 32.9 Å². The molecule has 1 aliphatic heterocycles. The van der Waals surface area contributed by atoms with Crippen molar-refractivity contribution in [2.45, 2.75) is 33.6 Å². The first kappa shape index (κ1) is 18.0. The van der Waals surface area contributed by atoms with E-state index in [-0.39, 0.29) is 36.6 Å². The molecule has 0 saturated carbocycles. The third kappa shape index (κ3) is 3.78. The fourth-order valence-electron chi connectivity index (χ4n) is 2.79.